The second-order valence-electron chi connectivity index (χ2n) is 5.36. The summed E-state index contributed by atoms with van der Waals surface area (Å²) in [6.07, 6.45) is 2.04. The Kier molecular flexibility index (Phi) is 3.03. The second-order valence-corrected chi connectivity index (χ2v) is 5.36. The quantitative estimate of drug-likeness (QED) is 0.709. The van der Waals surface area contributed by atoms with Crippen molar-refractivity contribution < 1.29 is 9.53 Å². The van der Waals surface area contributed by atoms with Gasteiger partial charge in [-0.25, -0.2) is 4.79 Å². The summed E-state index contributed by atoms with van der Waals surface area (Å²) in [5.41, 5.74) is 6.21. The van der Waals surface area contributed by atoms with Gasteiger partial charge in [-0.1, -0.05) is 0 Å². The Balaban J connectivity index is 2.03. The normalized spacial score (nSPS) is 23.8. The van der Waals surface area contributed by atoms with Gasteiger partial charge >= 0.3 is 5.97 Å². The van der Waals surface area contributed by atoms with Crippen molar-refractivity contribution in [2.75, 3.05) is 26.2 Å². The first-order valence-electron chi connectivity index (χ1n) is 6.05. The average molecular weight is 239 g/mol. The summed E-state index contributed by atoms with van der Waals surface area (Å²) in [5, 5.41) is 0. The lowest BCUT2D eigenvalue weighted by molar-refractivity contribution is -0.163. The molecule has 0 aliphatic carbocycles. The lowest BCUT2D eigenvalue weighted by atomic mass is 10.1. The van der Waals surface area contributed by atoms with E-state index in [1.54, 1.807) is 0 Å². The van der Waals surface area contributed by atoms with Crippen LogP contribution in [0.15, 0.2) is 11.9 Å². The molecule has 2 N–H and O–H groups in total. The maximum Gasteiger partial charge on any atom is 0.331 e. The lowest BCUT2D eigenvalue weighted by Gasteiger charge is -2.46. The molecule has 3 aliphatic heterocycles. The van der Waals surface area contributed by atoms with Gasteiger partial charge in [-0.05, 0) is 20.8 Å². The summed E-state index contributed by atoms with van der Waals surface area (Å²) in [6, 6.07) is -0.182. The first kappa shape index (κ1) is 12.2. The third-order valence-corrected chi connectivity index (χ3v) is 3.41. The topological polar surface area (TPSA) is 58.8 Å². The van der Waals surface area contributed by atoms with Crippen LogP contribution in [0.1, 0.15) is 20.8 Å². The van der Waals surface area contributed by atoms with Gasteiger partial charge in [-0.3, -0.25) is 0 Å². The van der Waals surface area contributed by atoms with E-state index in [4.69, 9.17) is 10.5 Å². The summed E-state index contributed by atoms with van der Waals surface area (Å²) in [6.45, 7) is 8.68. The van der Waals surface area contributed by atoms with E-state index in [1.165, 1.54) is 5.70 Å². The molecule has 0 aromatic heterocycles. The van der Waals surface area contributed by atoms with Crippen LogP contribution in [0.25, 0.3) is 0 Å². The van der Waals surface area contributed by atoms with Gasteiger partial charge in [-0.15, -0.1) is 0 Å². The Bertz CT molecular complexity index is 352. The fraction of sp³-hybridized carbons (Fsp3) is 0.750. The number of hydrogen-bond acceptors (Lipinski definition) is 5. The number of piperazine rings is 1. The number of allylic oxidation sites excluding steroid dienone is 1. The average Bonchev–Trinajstić information content (AvgIpc) is 2.29. The molecule has 5 heteroatoms. The molecule has 3 aliphatic rings. The third kappa shape index (κ3) is 2.39. The minimum Gasteiger partial charge on any atom is -0.457 e. The first-order chi connectivity index (χ1) is 7.93. The van der Waals surface area contributed by atoms with Crippen LogP contribution in [-0.4, -0.2) is 53.6 Å². The van der Waals surface area contributed by atoms with E-state index in [0.717, 1.165) is 19.6 Å². The number of carbonyl (C=O) groups excluding carboxylic acids is 1. The number of nitrogens with zero attached hydrogens (tertiary/aromatic N) is 2. The van der Waals surface area contributed by atoms with E-state index in [2.05, 4.69) is 16.7 Å². The van der Waals surface area contributed by atoms with Crippen molar-refractivity contribution in [3.05, 3.63) is 11.9 Å². The Labute approximate surface area is 102 Å². The van der Waals surface area contributed by atoms with E-state index in [1.807, 2.05) is 20.0 Å². The molecule has 3 rings (SSSR count). The zero-order valence-corrected chi connectivity index (χ0v) is 10.8. The molecule has 1 unspecified atom stereocenters. The summed E-state index contributed by atoms with van der Waals surface area (Å²) in [7, 11) is 0. The Morgan fingerprint density at radius 3 is 2.76 bits per heavy atom. The molecule has 0 amide bonds. The summed E-state index contributed by atoms with van der Waals surface area (Å²) in [5.74, 6) is -0.172. The molecule has 1 atom stereocenters. The summed E-state index contributed by atoms with van der Waals surface area (Å²) >= 11 is 0. The van der Waals surface area contributed by atoms with Gasteiger partial charge in [0, 0.05) is 38.1 Å². The van der Waals surface area contributed by atoms with Crippen LogP contribution in [0.5, 0.6) is 0 Å². The number of carbonyl (C=O) groups is 1. The molecule has 3 heterocycles. The van der Waals surface area contributed by atoms with Crippen LogP contribution in [0, 0.1) is 0 Å². The molecule has 17 heavy (non-hydrogen) atoms. The van der Waals surface area contributed by atoms with E-state index in [-0.39, 0.29) is 12.0 Å². The van der Waals surface area contributed by atoms with Crippen LogP contribution < -0.4 is 5.73 Å². The molecule has 0 spiro atoms. The summed E-state index contributed by atoms with van der Waals surface area (Å²) < 4.78 is 5.45. The smallest absolute Gasteiger partial charge is 0.331 e. The number of rotatable bonds is 3. The standard InChI is InChI=1S/C12H21N3O2/c1-9-6-15-5-4-14(9)7-10(15)11(16)17-12(2,3)8-13/h6,10H,4-5,7-8,13H2,1-3H3. The van der Waals surface area contributed by atoms with Gasteiger partial charge in [0.1, 0.15) is 11.6 Å². The number of esters is 1. The van der Waals surface area contributed by atoms with Gasteiger partial charge in [0.05, 0.1) is 0 Å². The number of nitrogens with two attached hydrogens (primary N) is 1. The van der Waals surface area contributed by atoms with Gasteiger partial charge in [0.25, 0.3) is 0 Å². The van der Waals surface area contributed by atoms with Gasteiger partial charge in [0.15, 0.2) is 0 Å². The highest BCUT2D eigenvalue weighted by molar-refractivity contribution is 5.77. The monoisotopic (exact) mass is 239 g/mol. The van der Waals surface area contributed by atoms with Gasteiger partial charge in [-0.2, -0.15) is 0 Å². The molecule has 96 valence electrons. The highest BCUT2D eigenvalue weighted by Crippen LogP contribution is 2.24. The fourth-order valence-corrected chi connectivity index (χ4v) is 2.19. The Morgan fingerprint density at radius 1 is 1.59 bits per heavy atom. The van der Waals surface area contributed by atoms with E-state index >= 15 is 0 Å². The maximum absolute atomic E-state index is 12.1. The zero-order chi connectivity index (χ0) is 12.6. The van der Waals surface area contributed by atoms with Gasteiger partial charge in [0.2, 0.25) is 0 Å². The predicted octanol–water partition coefficient (Wildman–Crippen LogP) is 0.128. The predicted molar refractivity (Wildman–Crippen MR) is 65.0 cm³/mol. The van der Waals surface area contributed by atoms with Crippen molar-refractivity contribution in [3.8, 4) is 0 Å². The minimum absolute atomic E-state index is 0.172. The van der Waals surface area contributed by atoms with Crippen LogP contribution in [0.2, 0.25) is 0 Å². The number of hydrogen-bond donors (Lipinski definition) is 1. The van der Waals surface area contributed by atoms with Crippen molar-refractivity contribution in [1.29, 1.82) is 0 Å². The Hall–Kier alpha value is -1.23. The maximum atomic E-state index is 12.1. The molecule has 0 aromatic rings. The molecule has 0 radical (unpaired) electrons. The van der Waals surface area contributed by atoms with Crippen LogP contribution in [-0.2, 0) is 9.53 Å². The fourth-order valence-electron chi connectivity index (χ4n) is 2.19. The van der Waals surface area contributed by atoms with Crippen molar-refractivity contribution >= 4 is 5.97 Å². The van der Waals surface area contributed by atoms with E-state index in [9.17, 15) is 4.79 Å². The highest BCUT2D eigenvalue weighted by atomic mass is 16.6. The van der Waals surface area contributed by atoms with Gasteiger partial charge < -0.3 is 20.3 Å². The second kappa shape index (κ2) is 4.22. The Morgan fingerprint density at radius 2 is 2.29 bits per heavy atom. The SMILES string of the molecule is CC1=CN2CCN1CC2C(=O)OC(C)(C)CN. The van der Waals surface area contributed by atoms with E-state index in [0.29, 0.717) is 6.54 Å². The molecule has 1 saturated heterocycles. The molecule has 0 saturated carbocycles. The largest absolute Gasteiger partial charge is 0.457 e. The van der Waals surface area contributed by atoms with Crippen LogP contribution in [0.3, 0.4) is 0 Å². The molecule has 5 nitrogen and oxygen atoms in total. The van der Waals surface area contributed by atoms with Crippen molar-refractivity contribution in [2.24, 2.45) is 5.73 Å². The molecule has 2 bridgehead atoms. The zero-order valence-electron chi connectivity index (χ0n) is 10.8. The molecule has 0 aromatic carbocycles. The lowest BCUT2D eigenvalue weighted by Crippen LogP contribution is -2.58. The summed E-state index contributed by atoms with van der Waals surface area (Å²) in [4.78, 5) is 16.4. The van der Waals surface area contributed by atoms with Crippen LogP contribution >= 0.6 is 0 Å². The van der Waals surface area contributed by atoms with Crippen molar-refractivity contribution in [3.63, 3.8) is 0 Å². The van der Waals surface area contributed by atoms with Crippen molar-refractivity contribution in [1.82, 2.24) is 9.80 Å². The highest BCUT2D eigenvalue weighted by Gasteiger charge is 2.37. The minimum atomic E-state index is -0.580. The van der Waals surface area contributed by atoms with E-state index < -0.39 is 5.60 Å². The first-order valence-corrected chi connectivity index (χ1v) is 6.05. The number of fused-ring (bicyclic) bond motifs is 2. The number of ether oxygens (including phenoxy) is 1. The molecule has 1 fully saturated rings. The van der Waals surface area contributed by atoms with Crippen molar-refractivity contribution in [2.45, 2.75) is 32.4 Å². The third-order valence-electron chi connectivity index (χ3n) is 3.41. The van der Waals surface area contributed by atoms with Crippen LogP contribution in [0.4, 0.5) is 0 Å². The molecular weight excluding hydrogens is 218 g/mol. The molecular formula is C12H21N3O2.